The van der Waals surface area contributed by atoms with Crippen LogP contribution in [0.15, 0.2) is 65.6 Å². The van der Waals surface area contributed by atoms with Gasteiger partial charge in [-0.15, -0.1) is 11.3 Å². The molecule has 1 aliphatic heterocycles. The number of hydrogen-bond acceptors (Lipinski definition) is 9. The number of aromatic amines is 1. The maximum atomic E-state index is 14.2. The topological polar surface area (TPSA) is 114 Å². The van der Waals surface area contributed by atoms with E-state index in [0.29, 0.717) is 48.3 Å². The van der Waals surface area contributed by atoms with Crippen LogP contribution in [0.2, 0.25) is 0 Å². The van der Waals surface area contributed by atoms with Gasteiger partial charge in [-0.2, -0.15) is 13.2 Å². The van der Waals surface area contributed by atoms with Gasteiger partial charge in [0.25, 0.3) is 0 Å². The van der Waals surface area contributed by atoms with E-state index in [-0.39, 0.29) is 17.6 Å². The summed E-state index contributed by atoms with van der Waals surface area (Å²) in [4.78, 5) is 38.7. The number of aromatic nitrogens is 6. The largest absolute Gasteiger partial charge is 0.497 e. The van der Waals surface area contributed by atoms with Gasteiger partial charge in [0, 0.05) is 43.0 Å². The van der Waals surface area contributed by atoms with Crippen LogP contribution < -0.4 is 9.47 Å². The summed E-state index contributed by atoms with van der Waals surface area (Å²) in [6.45, 7) is 1.13. The number of rotatable bonds is 8. The Morgan fingerprint density at radius 3 is 2.66 bits per heavy atom. The van der Waals surface area contributed by atoms with Crippen LogP contribution >= 0.6 is 11.3 Å². The molecule has 11 nitrogen and oxygen atoms in total. The molecule has 1 aliphatic rings. The number of para-hydroxylation sites is 1. The van der Waals surface area contributed by atoms with E-state index in [1.165, 1.54) is 36.6 Å². The van der Waals surface area contributed by atoms with Crippen LogP contribution in [-0.4, -0.2) is 79.0 Å². The minimum atomic E-state index is -4.78. The van der Waals surface area contributed by atoms with Gasteiger partial charge >= 0.3 is 6.18 Å². The predicted octanol–water partition coefficient (Wildman–Crippen LogP) is 5.55. The summed E-state index contributed by atoms with van der Waals surface area (Å²) in [6.07, 6.45) is -3.12. The minimum Gasteiger partial charge on any atom is -0.497 e. The van der Waals surface area contributed by atoms with Gasteiger partial charge in [-0.25, -0.2) is 19.9 Å². The molecule has 47 heavy (non-hydrogen) atoms. The molecule has 5 heterocycles. The summed E-state index contributed by atoms with van der Waals surface area (Å²) in [6, 6.07) is 13.5. The van der Waals surface area contributed by atoms with Crippen LogP contribution in [0, 0.1) is 0 Å². The second-order valence-corrected chi connectivity index (χ2v) is 11.8. The fourth-order valence-electron chi connectivity index (χ4n) is 5.98. The number of halogens is 3. The van der Waals surface area contributed by atoms with Crippen molar-refractivity contribution in [3.63, 3.8) is 0 Å². The number of carbonyl (C=O) groups excluding carboxylic acids is 1. The van der Waals surface area contributed by atoms with Crippen molar-refractivity contribution in [2.75, 3.05) is 33.9 Å². The minimum absolute atomic E-state index is 0.115. The van der Waals surface area contributed by atoms with E-state index in [2.05, 4.69) is 29.8 Å². The van der Waals surface area contributed by atoms with Crippen molar-refractivity contribution < 1.29 is 27.4 Å². The molecule has 0 bridgehead atoms. The van der Waals surface area contributed by atoms with Gasteiger partial charge < -0.3 is 23.9 Å². The van der Waals surface area contributed by atoms with Crippen LogP contribution in [0.3, 0.4) is 0 Å². The van der Waals surface area contributed by atoms with Crippen molar-refractivity contribution in [1.29, 1.82) is 0 Å². The van der Waals surface area contributed by atoms with Gasteiger partial charge in [-0.05, 0) is 24.3 Å². The van der Waals surface area contributed by atoms with E-state index in [9.17, 15) is 18.0 Å². The Bertz CT molecular complexity index is 2060. The molecular weight excluding hydrogens is 633 g/mol. The summed E-state index contributed by atoms with van der Waals surface area (Å²) in [5, 5.41) is 2.88. The predicted molar refractivity (Wildman–Crippen MR) is 169 cm³/mol. The van der Waals surface area contributed by atoms with E-state index < -0.39 is 30.5 Å². The first-order valence-electron chi connectivity index (χ1n) is 14.7. The Labute approximate surface area is 270 Å². The summed E-state index contributed by atoms with van der Waals surface area (Å²) < 4.78 is 54.3. The first-order valence-corrected chi connectivity index (χ1v) is 15.7. The third kappa shape index (κ3) is 5.99. The number of benzene rings is 2. The molecule has 1 saturated heterocycles. The van der Waals surface area contributed by atoms with Crippen molar-refractivity contribution >= 4 is 39.2 Å². The number of pyridine rings is 1. The second kappa shape index (κ2) is 12.3. The van der Waals surface area contributed by atoms with E-state index in [1.54, 1.807) is 23.7 Å². The average molecular weight is 663 g/mol. The molecule has 0 aliphatic carbocycles. The van der Waals surface area contributed by atoms with Crippen molar-refractivity contribution in [2.24, 2.45) is 0 Å². The summed E-state index contributed by atoms with van der Waals surface area (Å²) >= 11 is 1.50. The maximum Gasteiger partial charge on any atom is 0.449 e. The third-order valence-corrected chi connectivity index (χ3v) is 8.88. The zero-order chi connectivity index (χ0) is 32.7. The lowest BCUT2D eigenvalue weighted by Crippen LogP contribution is -2.51. The number of fused-ring (bicyclic) bond motifs is 2. The van der Waals surface area contributed by atoms with Crippen LogP contribution in [0.5, 0.6) is 11.6 Å². The van der Waals surface area contributed by atoms with Crippen LogP contribution in [-0.2, 0) is 24.1 Å². The monoisotopic (exact) mass is 662 g/mol. The molecule has 15 heteroatoms. The van der Waals surface area contributed by atoms with E-state index >= 15 is 0 Å². The highest BCUT2D eigenvalue weighted by Crippen LogP contribution is 2.35. The van der Waals surface area contributed by atoms with Crippen molar-refractivity contribution in [3.05, 3.63) is 83.0 Å². The number of nitrogens with one attached hydrogen (secondary N) is 1. The highest BCUT2D eigenvalue weighted by Gasteiger charge is 2.40. The lowest BCUT2D eigenvalue weighted by atomic mass is 10.1. The van der Waals surface area contributed by atoms with Gasteiger partial charge in [0.2, 0.25) is 17.6 Å². The Hall–Kier alpha value is -5.02. The van der Waals surface area contributed by atoms with Crippen LogP contribution in [0.4, 0.5) is 13.2 Å². The normalized spacial score (nSPS) is 15.9. The van der Waals surface area contributed by atoms with Crippen LogP contribution in [0.1, 0.15) is 23.4 Å². The van der Waals surface area contributed by atoms with Gasteiger partial charge in [0.05, 0.1) is 59.4 Å². The summed E-state index contributed by atoms with van der Waals surface area (Å²) in [7, 11) is 2.97. The van der Waals surface area contributed by atoms with Crippen molar-refractivity contribution in [1.82, 2.24) is 39.3 Å². The second-order valence-electron chi connectivity index (χ2n) is 11.1. The van der Waals surface area contributed by atoms with Gasteiger partial charge in [-0.1, -0.05) is 18.2 Å². The number of methoxy groups -OCH3 is 2. The molecule has 1 atom stereocenters. The number of imidazole rings is 2. The number of amides is 1. The molecule has 0 radical (unpaired) electrons. The van der Waals surface area contributed by atoms with Crippen molar-refractivity contribution in [2.45, 2.75) is 25.3 Å². The number of piperazine rings is 1. The number of nitrogens with zero attached hydrogens (tertiary/aromatic N) is 7. The fraction of sp³-hybridized carbons (Fsp3) is 0.281. The number of ether oxygens (including phenoxy) is 2. The van der Waals surface area contributed by atoms with E-state index in [0.717, 1.165) is 21.2 Å². The molecule has 1 fully saturated rings. The molecule has 4 aromatic heterocycles. The van der Waals surface area contributed by atoms with Gasteiger partial charge in [0.15, 0.2) is 0 Å². The first-order chi connectivity index (χ1) is 22.7. The zero-order valence-electron chi connectivity index (χ0n) is 25.4. The summed E-state index contributed by atoms with van der Waals surface area (Å²) in [5.41, 5.74) is 5.02. The summed E-state index contributed by atoms with van der Waals surface area (Å²) in [5.74, 6) is -0.402. The zero-order valence-corrected chi connectivity index (χ0v) is 26.2. The number of alkyl halides is 3. The standard InChI is InChI=1S/C32H29F3N8O3S/c1-45-21-7-8-24-26(12-21)43(31(40-24)32(33,34)35)16-28(44)42-10-9-41(14-20-17-47-18-37-20)15-27(42)29-36-13-25(38-29)22-11-19-5-3-4-6-23(19)39-30(22)46-2/h3-8,11-13,17-18,27H,9-10,14-16H2,1-2H3,(H,36,38)/t27-/m0/s1. The van der Waals surface area contributed by atoms with E-state index in [1.807, 2.05) is 35.7 Å². The SMILES string of the molecule is COc1ccc2nc(C(F)(F)F)n(CC(=O)N3CCN(Cc4cscn4)C[C@H]3c3ncc(-c4cc5ccccc5nc4OC)[nH]3)c2c1. The number of thiazole rings is 1. The third-order valence-electron chi connectivity index (χ3n) is 8.24. The van der Waals surface area contributed by atoms with Crippen molar-refractivity contribution in [3.8, 4) is 22.9 Å². The quantitative estimate of drug-likeness (QED) is 0.226. The molecular formula is C32H29F3N8O3S. The Morgan fingerprint density at radius 1 is 1.04 bits per heavy atom. The molecule has 6 aromatic rings. The molecule has 0 spiro atoms. The fourth-order valence-corrected chi connectivity index (χ4v) is 6.53. The average Bonchev–Trinajstić information content (AvgIpc) is 3.85. The Balaban J connectivity index is 1.24. The van der Waals surface area contributed by atoms with E-state index in [4.69, 9.17) is 9.47 Å². The molecule has 1 N–H and O–H groups in total. The Morgan fingerprint density at radius 2 is 1.89 bits per heavy atom. The molecule has 0 unspecified atom stereocenters. The smallest absolute Gasteiger partial charge is 0.449 e. The molecule has 2 aromatic carbocycles. The number of H-pyrrole nitrogens is 1. The molecule has 7 rings (SSSR count). The van der Waals surface area contributed by atoms with Gasteiger partial charge in [0.1, 0.15) is 24.2 Å². The van der Waals surface area contributed by atoms with Crippen LogP contribution in [0.25, 0.3) is 33.2 Å². The first kappa shape index (κ1) is 30.6. The Kier molecular flexibility index (Phi) is 8.01. The highest BCUT2D eigenvalue weighted by molar-refractivity contribution is 7.07. The lowest BCUT2D eigenvalue weighted by molar-refractivity contribution is -0.148. The molecule has 0 saturated carbocycles. The molecule has 1 amide bonds. The number of hydrogen-bond donors (Lipinski definition) is 1. The number of carbonyl (C=O) groups is 1. The van der Waals surface area contributed by atoms with Gasteiger partial charge in [-0.3, -0.25) is 9.69 Å². The maximum absolute atomic E-state index is 14.2. The molecule has 242 valence electrons. The lowest BCUT2D eigenvalue weighted by Gasteiger charge is -2.40. The highest BCUT2D eigenvalue weighted by atomic mass is 32.1.